The largest absolute Gasteiger partial charge is 0.497 e. The molecule has 0 bridgehead atoms. The van der Waals surface area contributed by atoms with E-state index < -0.39 is 0 Å². The highest BCUT2D eigenvalue weighted by Crippen LogP contribution is 2.25. The molecular weight excluding hydrogens is 306 g/mol. The van der Waals surface area contributed by atoms with Gasteiger partial charge in [-0.3, -0.25) is 4.79 Å². The quantitative estimate of drug-likeness (QED) is 0.729. The van der Waals surface area contributed by atoms with Crippen LogP contribution in [0.25, 0.3) is 0 Å². The first-order valence-corrected chi connectivity index (χ1v) is 8.03. The number of nitrogens with zero attached hydrogens (tertiary/aromatic N) is 1. The first-order valence-electron chi connectivity index (χ1n) is 8.03. The molecule has 0 radical (unpaired) electrons. The number of hydrogen-bond donors (Lipinski definition) is 2. The van der Waals surface area contributed by atoms with Gasteiger partial charge >= 0.3 is 0 Å². The summed E-state index contributed by atoms with van der Waals surface area (Å²) in [6.45, 7) is 0.812. The summed E-state index contributed by atoms with van der Waals surface area (Å²) in [5.41, 5.74) is 0.564. The van der Waals surface area contributed by atoms with E-state index in [1.807, 2.05) is 24.3 Å². The number of carbonyl (C=O) groups excluding carboxylic acids is 1. The Labute approximate surface area is 141 Å². The van der Waals surface area contributed by atoms with Crippen molar-refractivity contribution >= 4 is 11.7 Å². The van der Waals surface area contributed by atoms with Gasteiger partial charge in [0.25, 0.3) is 5.91 Å². The number of amides is 1. The van der Waals surface area contributed by atoms with Gasteiger partial charge in [-0.2, -0.15) is 0 Å². The number of rotatable bonds is 8. The Morgan fingerprint density at radius 1 is 1.21 bits per heavy atom. The molecule has 0 aliphatic heterocycles. The van der Waals surface area contributed by atoms with Gasteiger partial charge in [-0.15, -0.1) is 0 Å². The smallest absolute Gasteiger partial charge is 0.255 e. The molecule has 126 valence electrons. The summed E-state index contributed by atoms with van der Waals surface area (Å²) < 4.78 is 10.7. The van der Waals surface area contributed by atoms with Crippen molar-refractivity contribution in [2.24, 2.45) is 0 Å². The minimum atomic E-state index is -0.149. The van der Waals surface area contributed by atoms with Gasteiger partial charge < -0.3 is 20.1 Å². The molecule has 1 aliphatic carbocycles. The molecule has 1 amide bonds. The SMILES string of the molecule is COc1ccc(OCCNC(=O)c2cccnc2NC2CC2)cc1. The van der Waals surface area contributed by atoms with E-state index in [1.54, 1.807) is 25.4 Å². The van der Waals surface area contributed by atoms with Crippen molar-refractivity contribution < 1.29 is 14.3 Å². The number of benzene rings is 1. The Bertz CT molecular complexity index is 684. The van der Waals surface area contributed by atoms with E-state index in [4.69, 9.17) is 9.47 Å². The molecule has 1 aromatic heterocycles. The summed E-state index contributed by atoms with van der Waals surface area (Å²) in [6, 6.07) is 11.3. The van der Waals surface area contributed by atoms with Crippen LogP contribution < -0.4 is 20.1 Å². The van der Waals surface area contributed by atoms with Crippen molar-refractivity contribution in [2.75, 3.05) is 25.6 Å². The van der Waals surface area contributed by atoms with E-state index in [1.165, 1.54) is 0 Å². The number of hydrogen-bond acceptors (Lipinski definition) is 5. The third-order valence-electron chi connectivity index (χ3n) is 3.69. The molecule has 1 heterocycles. The molecule has 0 spiro atoms. The fourth-order valence-corrected chi connectivity index (χ4v) is 2.23. The third kappa shape index (κ3) is 4.38. The predicted molar refractivity (Wildman–Crippen MR) is 91.7 cm³/mol. The third-order valence-corrected chi connectivity index (χ3v) is 3.69. The number of nitrogens with one attached hydrogen (secondary N) is 2. The summed E-state index contributed by atoms with van der Waals surface area (Å²) in [7, 11) is 1.62. The Morgan fingerprint density at radius 3 is 2.67 bits per heavy atom. The van der Waals surface area contributed by atoms with Crippen molar-refractivity contribution in [3.05, 3.63) is 48.2 Å². The van der Waals surface area contributed by atoms with Crippen molar-refractivity contribution in [3.8, 4) is 11.5 Å². The summed E-state index contributed by atoms with van der Waals surface area (Å²) in [5, 5.41) is 6.13. The molecule has 0 unspecified atom stereocenters. The molecule has 2 aromatic rings. The molecule has 3 rings (SSSR count). The van der Waals surface area contributed by atoms with Crippen LogP contribution in [0.5, 0.6) is 11.5 Å². The van der Waals surface area contributed by atoms with Gasteiger partial charge in [-0.25, -0.2) is 4.98 Å². The maximum Gasteiger partial charge on any atom is 0.255 e. The molecule has 24 heavy (non-hydrogen) atoms. The average Bonchev–Trinajstić information content (AvgIpc) is 3.43. The van der Waals surface area contributed by atoms with Crippen LogP contribution in [0.2, 0.25) is 0 Å². The lowest BCUT2D eigenvalue weighted by molar-refractivity contribution is 0.0947. The van der Waals surface area contributed by atoms with Crippen LogP contribution >= 0.6 is 0 Å². The normalized spacial score (nSPS) is 13.2. The lowest BCUT2D eigenvalue weighted by Crippen LogP contribution is -2.29. The standard InChI is InChI=1S/C18H21N3O3/c1-23-14-6-8-15(9-7-14)24-12-11-20-18(22)16-3-2-10-19-17(16)21-13-4-5-13/h2-3,6-10,13H,4-5,11-12H2,1H3,(H,19,21)(H,20,22). The highest BCUT2D eigenvalue weighted by atomic mass is 16.5. The van der Waals surface area contributed by atoms with Crippen LogP contribution in [0, 0.1) is 0 Å². The number of methoxy groups -OCH3 is 1. The Kier molecular flexibility index (Phi) is 5.15. The lowest BCUT2D eigenvalue weighted by atomic mass is 10.2. The second kappa shape index (κ2) is 7.68. The van der Waals surface area contributed by atoms with Gasteiger partial charge in [0.05, 0.1) is 19.2 Å². The van der Waals surface area contributed by atoms with Gasteiger partial charge in [0.2, 0.25) is 0 Å². The number of ether oxygens (including phenoxy) is 2. The van der Waals surface area contributed by atoms with Crippen LogP contribution in [0.1, 0.15) is 23.2 Å². The van der Waals surface area contributed by atoms with E-state index in [-0.39, 0.29) is 5.91 Å². The fourth-order valence-electron chi connectivity index (χ4n) is 2.23. The topological polar surface area (TPSA) is 72.5 Å². The van der Waals surface area contributed by atoms with Crippen LogP contribution in [0.4, 0.5) is 5.82 Å². The maximum atomic E-state index is 12.3. The molecule has 6 nitrogen and oxygen atoms in total. The first kappa shape index (κ1) is 16.1. The molecule has 6 heteroatoms. The number of aromatic nitrogens is 1. The molecule has 1 fully saturated rings. The predicted octanol–water partition coefficient (Wildman–Crippen LogP) is 2.47. The summed E-state index contributed by atoms with van der Waals surface area (Å²) >= 11 is 0. The summed E-state index contributed by atoms with van der Waals surface area (Å²) in [4.78, 5) is 16.6. The monoisotopic (exact) mass is 327 g/mol. The highest BCUT2D eigenvalue weighted by molar-refractivity contribution is 5.98. The van der Waals surface area contributed by atoms with Crippen LogP contribution in [-0.4, -0.2) is 37.2 Å². The Balaban J connectivity index is 1.46. The highest BCUT2D eigenvalue weighted by Gasteiger charge is 2.23. The second-order valence-electron chi connectivity index (χ2n) is 5.60. The molecule has 1 saturated carbocycles. The number of pyridine rings is 1. The molecule has 0 saturated heterocycles. The molecule has 2 N–H and O–H groups in total. The van der Waals surface area contributed by atoms with Crippen molar-refractivity contribution in [3.63, 3.8) is 0 Å². The Hall–Kier alpha value is -2.76. The molecule has 1 aromatic carbocycles. The van der Waals surface area contributed by atoms with Crippen LogP contribution in [-0.2, 0) is 0 Å². The summed E-state index contributed by atoms with van der Waals surface area (Å²) in [5.74, 6) is 2.02. The fraction of sp³-hybridized carbons (Fsp3) is 0.333. The average molecular weight is 327 g/mol. The molecular formula is C18H21N3O3. The van der Waals surface area contributed by atoms with E-state index in [2.05, 4.69) is 15.6 Å². The zero-order valence-electron chi connectivity index (χ0n) is 13.6. The van der Waals surface area contributed by atoms with E-state index in [0.717, 1.165) is 24.3 Å². The van der Waals surface area contributed by atoms with Gasteiger partial charge in [0.1, 0.15) is 23.9 Å². The van der Waals surface area contributed by atoms with Gasteiger partial charge in [0.15, 0.2) is 0 Å². The maximum absolute atomic E-state index is 12.3. The molecule has 0 atom stereocenters. The van der Waals surface area contributed by atoms with Crippen LogP contribution in [0.3, 0.4) is 0 Å². The Morgan fingerprint density at radius 2 is 1.96 bits per heavy atom. The number of carbonyl (C=O) groups is 1. The van der Waals surface area contributed by atoms with Gasteiger partial charge in [-0.1, -0.05) is 0 Å². The van der Waals surface area contributed by atoms with E-state index >= 15 is 0 Å². The summed E-state index contributed by atoms with van der Waals surface area (Å²) in [6.07, 6.45) is 3.95. The zero-order chi connectivity index (χ0) is 16.8. The second-order valence-corrected chi connectivity index (χ2v) is 5.60. The van der Waals surface area contributed by atoms with Gasteiger partial charge in [0, 0.05) is 12.2 Å². The number of anilines is 1. The zero-order valence-corrected chi connectivity index (χ0v) is 13.6. The van der Waals surface area contributed by atoms with Gasteiger partial charge in [-0.05, 0) is 49.2 Å². The van der Waals surface area contributed by atoms with Crippen molar-refractivity contribution in [1.82, 2.24) is 10.3 Å². The van der Waals surface area contributed by atoms with Crippen molar-refractivity contribution in [1.29, 1.82) is 0 Å². The van der Waals surface area contributed by atoms with E-state index in [0.29, 0.717) is 30.6 Å². The van der Waals surface area contributed by atoms with Crippen LogP contribution in [0.15, 0.2) is 42.6 Å². The molecule has 1 aliphatic rings. The van der Waals surface area contributed by atoms with E-state index in [9.17, 15) is 4.79 Å². The van der Waals surface area contributed by atoms with Crippen molar-refractivity contribution in [2.45, 2.75) is 18.9 Å². The minimum Gasteiger partial charge on any atom is -0.497 e. The first-order chi connectivity index (χ1) is 11.8. The minimum absolute atomic E-state index is 0.149. The lowest BCUT2D eigenvalue weighted by Gasteiger charge is -2.11.